The van der Waals surface area contributed by atoms with Crippen LogP contribution in [0.1, 0.15) is 25.0 Å². The Morgan fingerprint density at radius 1 is 1.43 bits per heavy atom. The standard InChI is InChI=1S/C17H13BrFN5O5S/c18-10-7-9(1-2-11(10)19)24-12(8-25)28-22-14(24)13-15(23-29-21-13)30-6-5-17(3-4-17)27-16(20)26/h1-2,7H,3-6H2,(H2,20,26). The number of amidine groups is 1. The summed E-state index contributed by atoms with van der Waals surface area (Å²) in [5.41, 5.74) is 5.20. The second kappa shape index (κ2) is 8.09. The molecule has 0 radical (unpaired) electrons. The molecule has 1 saturated carbocycles. The molecule has 1 amide bonds. The van der Waals surface area contributed by atoms with E-state index >= 15 is 0 Å². The number of hydrogen-bond donors (Lipinski definition) is 1. The molecule has 30 heavy (non-hydrogen) atoms. The van der Waals surface area contributed by atoms with Crippen molar-refractivity contribution < 1.29 is 28.2 Å². The third kappa shape index (κ3) is 4.04. The number of thioether (sulfide) groups is 1. The van der Waals surface area contributed by atoms with Gasteiger partial charge in [0.2, 0.25) is 5.84 Å². The number of hydrogen-bond acceptors (Lipinski definition) is 10. The highest BCUT2D eigenvalue weighted by Crippen LogP contribution is 2.44. The van der Waals surface area contributed by atoms with Crippen molar-refractivity contribution >= 4 is 51.2 Å². The summed E-state index contributed by atoms with van der Waals surface area (Å²) >= 11 is 4.41. The number of primary amides is 1. The van der Waals surface area contributed by atoms with Crippen LogP contribution in [0.3, 0.4) is 0 Å². The van der Waals surface area contributed by atoms with E-state index in [1.54, 1.807) is 5.94 Å². The van der Waals surface area contributed by atoms with E-state index in [-0.39, 0.29) is 21.9 Å². The number of carbonyl (C=O) groups excluding carboxylic acids is 2. The highest BCUT2D eigenvalue weighted by atomic mass is 79.9. The first-order chi connectivity index (χ1) is 14.4. The molecule has 2 heterocycles. The van der Waals surface area contributed by atoms with E-state index in [0.717, 1.165) is 12.8 Å². The number of carbonyl (C=O) groups is 1. The molecular formula is C17H13BrFN5O5S. The van der Waals surface area contributed by atoms with Crippen molar-refractivity contribution in [1.29, 1.82) is 0 Å². The van der Waals surface area contributed by atoms with Crippen LogP contribution in [-0.4, -0.2) is 39.5 Å². The van der Waals surface area contributed by atoms with Crippen LogP contribution in [-0.2, 0) is 14.4 Å². The molecular weight excluding hydrogens is 485 g/mol. The Hall–Kier alpha value is -2.89. The van der Waals surface area contributed by atoms with Crippen molar-refractivity contribution in [2.75, 3.05) is 10.7 Å². The van der Waals surface area contributed by atoms with Gasteiger partial charge in [0.1, 0.15) is 11.4 Å². The molecule has 1 aromatic carbocycles. The molecule has 2 aliphatic rings. The van der Waals surface area contributed by atoms with Gasteiger partial charge in [0, 0.05) is 5.75 Å². The van der Waals surface area contributed by atoms with Gasteiger partial charge < -0.3 is 15.3 Å². The molecule has 1 aliphatic heterocycles. The van der Waals surface area contributed by atoms with Crippen LogP contribution in [0.15, 0.2) is 43.4 Å². The van der Waals surface area contributed by atoms with Crippen LogP contribution < -0.4 is 10.6 Å². The minimum Gasteiger partial charge on any atom is -0.443 e. The molecule has 0 unspecified atom stereocenters. The van der Waals surface area contributed by atoms with Crippen LogP contribution in [0.5, 0.6) is 0 Å². The van der Waals surface area contributed by atoms with Crippen LogP contribution in [0.25, 0.3) is 0 Å². The quantitative estimate of drug-likeness (QED) is 0.452. The Labute approximate surface area is 181 Å². The SMILES string of the molecule is NC(=O)OC1(CCSc2nonc2C2=NOC(=C=O)N2c2ccc(F)c(Br)c2)CC1. The first kappa shape index (κ1) is 20.4. The lowest BCUT2D eigenvalue weighted by molar-refractivity contribution is 0.0892. The summed E-state index contributed by atoms with van der Waals surface area (Å²) in [5.74, 6) is 1.61. The van der Waals surface area contributed by atoms with E-state index < -0.39 is 17.5 Å². The lowest BCUT2D eigenvalue weighted by Crippen LogP contribution is -2.28. The number of rotatable bonds is 7. The lowest BCUT2D eigenvalue weighted by Gasteiger charge is -2.16. The van der Waals surface area contributed by atoms with E-state index in [0.29, 0.717) is 22.9 Å². The number of oxime groups is 1. The summed E-state index contributed by atoms with van der Waals surface area (Å²) in [6.45, 7) is 0. The Bertz CT molecular complexity index is 1080. The fourth-order valence-electron chi connectivity index (χ4n) is 2.84. The van der Waals surface area contributed by atoms with Gasteiger partial charge in [0.25, 0.3) is 0 Å². The third-order valence-corrected chi connectivity index (χ3v) is 6.03. The number of aromatic nitrogens is 2. The summed E-state index contributed by atoms with van der Waals surface area (Å²) < 4.78 is 23.8. The minimum absolute atomic E-state index is 0.130. The molecule has 13 heteroatoms. The van der Waals surface area contributed by atoms with E-state index in [1.165, 1.54) is 34.9 Å². The van der Waals surface area contributed by atoms with Crippen LogP contribution in [0.4, 0.5) is 14.9 Å². The van der Waals surface area contributed by atoms with Gasteiger partial charge in [-0.3, -0.25) is 0 Å². The van der Waals surface area contributed by atoms with Crippen molar-refractivity contribution in [2.24, 2.45) is 10.9 Å². The van der Waals surface area contributed by atoms with Gasteiger partial charge in [-0.05, 0) is 63.7 Å². The zero-order valence-electron chi connectivity index (χ0n) is 15.1. The topological polar surface area (TPSA) is 133 Å². The molecule has 2 aromatic rings. The summed E-state index contributed by atoms with van der Waals surface area (Å²) in [6, 6.07) is 4.12. The van der Waals surface area contributed by atoms with E-state index in [1.807, 2.05) is 0 Å². The molecule has 0 spiro atoms. The number of nitrogens with two attached hydrogens (primary N) is 1. The molecule has 10 nitrogen and oxygen atoms in total. The van der Waals surface area contributed by atoms with E-state index in [9.17, 15) is 14.0 Å². The molecule has 2 N–H and O–H groups in total. The zero-order chi connectivity index (χ0) is 21.3. The number of amides is 1. The molecule has 156 valence electrons. The van der Waals surface area contributed by atoms with Gasteiger partial charge in [-0.15, -0.1) is 11.8 Å². The molecule has 4 rings (SSSR count). The van der Waals surface area contributed by atoms with Crippen molar-refractivity contribution in [1.82, 2.24) is 10.3 Å². The Balaban J connectivity index is 1.53. The second-order valence-corrected chi connectivity index (χ2v) is 8.41. The normalized spacial score (nSPS) is 16.7. The predicted octanol–water partition coefficient (Wildman–Crippen LogP) is 2.95. The van der Waals surface area contributed by atoms with Crippen molar-refractivity contribution in [2.45, 2.75) is 29.9 Å². The number of nitrogens with zero attached hydrogens (tertiary/aromatic N) is 4. The highest BCUT2D eigenvalue weighted by Gasteiger charge is 2.46. The molecule has 1 aromatic heterocycles. The highest BCUT2D eigenvalue weighted by molar-refractivity contribution is 9.10. The Morgan fingerprint density at radius 2 is 2.23 bits per heavy atom. The average molecular weight is 498 g/mol. The van der Waals surface area contributed by atoms with E-state index in [2.05, 4.69) is 31.4 Å². The van der Waals surface area contributed by atoms with Crippen molar-refractivity contribution in [3.05, 3.63) is 40.1 Å². The smallest absolute Gasteiger partial charge is 0.405 e. The minimum atomic E-state index is -0.798. The van der Waals surface area contributed by atoms with Gasteiger partial charge in [0.05, 0.1) is 10.2 Å². The van der Waals surface area contributed by atoms with Gasteiger partial charge >= 0.3 is 12.0 Å². The molecule has 1 fully saturated rings. The fourth-order valence-corrected chi connectivity index (χ4v) is 4.23. The molecule has 0 saturated heterocycles. The Kier molecular flexibility index (Phi) is 5.50. The summed E-state index contributed by atoms with van der Waals surface area (Å²) in [5, 5.41) is 12.0. The van der Waals surface area contributed by atoms with Crippen LogP contribution >= 0.6 is 27.7 Å². The monoisotopic (exact) mass is 497 g/mol. The number of anilines is 1. The maximum atomic E-state index is 13.6. The lowest BCUT2D eigenvalue weighted by atomic mass is 10.2. The van der Waals surface area contributed by atoms with Crippen LogP contribution in [0.2, 0.25) is 0 Å². The van der Waals surface area contributed by atoms with Crippen molar-refractivity contribution in [3.63, 3.8) is 0 Å². The summed E-state index contributed by atoms with van der Waals surface area (Å²) in [7, 11) is 0. The first-order valence-corrected chi connectivity index (χ1v) is 10.4. The van der Waals surface area contributed by atoms with Crippen LogP contribution in [0, 0.1) is 5.82 Å². The third-order valence-electron chi connectivity index (χ3n) is 4.47. The van der Waals surface area contributed by atoms with Crippen molar-refractivity contribution in [3.8, 4) is 0 Å². The summed E-state index contributed by atoms with van der Waals surface area (Å²) in [6.07, 6.45) is 1.28. The number of ether oxygens (including phenoxy) is 1. The first-order valence-electron chi connectivity index (χ1n) is 8.62. The molecule has 1 aliphatic carbocycles. The van der Waals surface area contributed by atoms with Gasteiger partial charge in [-0.25, -0.2) is 23.5 Å². The maximum Gasteiger partial charge on any atom is 0.405 e. The average Bonchev–Trinajstić information content (AvgIpc) is 3.12. The largest absolute Gasteiger partial charge is 0.443 e. The van der Waals surface area contributed by atoms with Gasteiger partial charge in [-0.1, -0.05) is 5.16 Å². The van der Waals surface area contributed by atoms with E-state index in [4.69, 9.17) is 19.9 Å². The zero-order valence-corrected chi connectivity index (χ0v) is 17.5. The number of benzene rings is 1. The number of halogens is 2. The Morgan fingerprint density at radius 3 is 2.90 bits per heavy atom. The second-order valence-electron chi connectivity index (χ2n) is 6.47. The van der Waals surface area contributed by atoms with Gasteiger partial charge in [-0.2, -0.15) is 0 Å². The molecule has 0 atom stereocenters. The predicted molar refractivity (Wildman–Crippen MR) is 106 cm³/mol. The fraction of sp³-hybridized carbons (Fsp3) is 0.294. The molecule has 0 bridgehead atoms. The summed E-state index contributed by atoms with van der Waals surface area (Å²) in [4.78, 5) is 28.7. The maximum absolute atomic E-state index is 13.6. The van der Waals surface area contributed by atoms with Gasteiger partial charge in [0.15, 0.2) is 16.7 Å².